The van der Waals surface area contributed by atoms with Crippen molar-refractivity contribution in [2.75, 3.05) is 11.9 Å². The number of hydrogen-bond acceptors (Lipinski definition) is 7. The van der Waals surface area contributed by atoms with Gasteiger partial charge in [0.2, 0.25) is 5.95 Å². The molecule has 164 valence electrons. The molecule has 8 heteroatoms. The first-order valence-corrected chi connectivity index (χ1v) is 10.5. The Hall–Kier alpha value is -3.81. The van der Waals surface area contributed by atoms with Gasteiger partial charge in [-0.3, -0.25) is 0 Å². The third-order valence-corrected chi connectivity index (χ3v) is 5.14. The average Bonchev–Trinajstić information content (AvgIpc) is 3.11. The Kier molecular flexibility index (Phi) is 5.61. The fourth-order valence-corrected chi connectivity index (χ4v) is 3.82. The van der Waals surface area contributed by atoms with Crippen LogP contribution >= 0.6 is 0 Å². The predicted octanol–water partition coefficient (Wildman–Crippen LogP) is 4.67. The van der Waals surface area contributed by atoms with Gasteiger partial charge >= 0.3 is 5.97 Å². The highest BCUT2D eigenvalue weighted by atomic mass is 16.5. The largest absolute Gasteiger partial charge is 0.462 e. The second-order valence-electron chi connectivity index (χ2n) is 7.91. The summed E-state index contributed by atoms with van der Waals surface area (Å²) in [5.41, 5.74) is 6.14. The molecule has 4 rings (SSSR count). The molecular weight excluding hydrogens is 404 g/mol. The number of nitrogens with zero attached hydrogens (tertiary/aromatic N) is 5. The van der Waals surface area contributed by atoms with Crippen molar-refractivity contribution in [3.05, 3.63) is 64.1 Å². The standard InChI is InChI=1S/C24H26N6O2/c1-7-32-23(31)19-12-25-30(22(19)29-24-26-16(5)11-17(6)27-24)20-10-14(3)18-9-13(2)8-15(4)21(18)28-20/h8-12H,7H2,1-6H3,(H,26,27,29). The molecule has 0 aliphatic rings. The van der Waals surface area contributed by atoms with E-state index in [1.165, 1.54) is 11.8 Å². The summed E-state index contributed by atoms with van der Waals surface area (Å²) in [5.74, 6) is 0.892. The maximum atomic E-state index is 12.6. The Morgan fingerprint density at radius 2 is 1.69 bits per heavy atom. The Labute approximate surface area is 186 Å². The summed E-state index contributed by atoms with van der Waals surface area (Å²) in [4.78, 5) is 26.4. The van der Waals surface area contributed by atoms with Gasteiger partial charge in [-0.15, -0.1) is 0 Å². The number of carbonyl (C=O) groups excluding carboxylic acids is 1. The first kappa shape index (κ1) is 21.4. The van der Waals surface area contributed by atoms with Crippen molar-refractivity contribution in [3.63, 3.8) is 0 Å². The number of rotatable bonds is 5. The van der Waals surface area contributed by atoms with Crippen molar-refractivity contribution in [1.29, 1.82) is 0 Å². The molecule has 0 amide bonds. The number of anilines is 2. The summed E-state index contributed by atoms with van der Waals surface area (Å²) in [6.45, 7) is 12.0. The van der Waals surface area contributed by atoms with Crippen LogP contribution in [0.3, 0.4) is 0 Å². The summed E-state index contributed by atoms with van der Waals surface area (Å²) in [5, 5.41) is 8.72. The van der Waals surface area contributed by atoms with Crippen molar-refractivity contribution < 1.29 is 9.53 Å². The highest BCUT2D eigenvalue weighted by Crippen LogP contribution is 2.28. The van der Waals surface area contributed by atoms with Crippen LogP contribution < -0.4 is 5.32 Å². The van der Waals surface area contributed by atoms with Gasteiger partial charge in [-0.05, 0) is 70.9 Å². The van der Waals surface area contributed by atoms with Crippen LogP contribution in [0, 0.1) is 34.6 Å². The molecule has 32 heavy (non-hydrogen) atoms. The second kappa shape index (κ2) is 8.37. The molecule has 4 aromatic rings. The lowest BCUT2D eigenvalue weighted by Crippen LogP contribution is -2.12. The highest BCUT2D eigenvalue weighted by Gasteiger charge is 2.22. The van der Waals surface area contributed by atoms with Crippen molar-refractivity contribution >= 4 is 28.6 Å². The predicted molar refractivity (Wildman–Crippen MR) is 124 cm³/mol. The molecule has 1 aromatic carbocycles. The van der Waals surface area contributed by atoms with E-state index in [1.807, 2.05) is 39.8 Å². The Morgan fingerprint density at radius 3 is 2.38 bits per heavy atom. The zero-order valence-electron chi connectivity index (χ0n) is 19.1. The first-order chi connectivity index (χ1) is 15.3. The molecule has 0 spiro atoms. The van der Waals surface area contributed by atoms with Gasteiger partial charge in [0.25, 0.3) is 0 Å². The number of nitrogens with one attached hydrogen (secondary N) is 1. The van der Waals surface area contributed by atoms with Crippen molar-refractivity contribution in [3.8, 4) is 5.82 Å². The molecule has 0 saturated carbocycles. The lowest BCUT2D eigenvalue weighted by molar-refractivity contribution is 0.0527. The van der Waals surface area contributed by atoms with Crippen molar-refractivity contribution in [2.24, 2.45) is 0 Å². The van der Waals surface area contributed by atoms with Gasteiger partial charge in [-0.25, -0.2) is 19.7 Å². The van der Waals surface area contributed by atoms with Crippen LogP contribution in [0.2, 0.25) is 0 Å². The molecule has 0 fully saturated rings. The number of pyridine rings is 1. The van der Waals surface area contributed by atoms with E-state index in [2.05, 4.69) is 39.4 Å². The molecule has 0 saturated heterocycles. The molecule has 3 aromatic heterocycles. The minimum absolute atomic E-state index is 0.259. The van der Waals surface area contributed by atoms with Crippen LogP contribution in [0.5, 0.6) is 0 Å². The number of benzene rings is 1. The highest BCUT2D eigenvalue weighted by molar-refractivity contribution is 5.95. The normalized spacial score (nSPS) is 11.1. The first-order valence-electron chi connectivity index (χ1n) is 10.5. The number of carbonyl (C=O) groups is 1. The molecule has 0 atom stereocenters. The van der Waals surface area contributed by atoms with Gasteiger partial charge < -0.3 is 10.1 Å². The number of fused-ring (bicyclic) bond motifs is 1. The zero-order chi connectivity index (χ0) is 23.0. The van der Waals surface area contributed by atoms with E-state index in [9.17, 15) is 4.79 Å². The van der Waals surface area contributed by atoms with Crippen molar-refractivity contribution in [1.82, 2.24) is 24.7 Å². The topological polar surface area (TPSA) is 94.8 Å². The molecule has 8 nitrogen and oxygen atoms in total. The lowest BCUT2D eigenvalue weighted by atomic mass is 10.0. The van der Waals surface area contributed by atoms with E-state index >= 15 is 0 Å². The Bertz CT molecular complexity index is 1320. The molecular formula is C24H26N6O2. The van der Waals surface area contributed by atoms with Crippen LogP contribution in [-0.2, 0) is 4.74 Å². The third-order valence-electron chi connectivity index (χ3n) is 5.14. The van der Waals surface area contributed by atoms with E-state index in [-0.39, 0.29) is 12.2 Å². The molecule has 0 aliphatic heterocycles. The summed E-state index contributed by atoms with van der Waals surface area (Å²) in [6.07, 6.45) is 1.48. The number of esters is 1. The number of aromatic nitrogens is 5. The molecule has 0 radical (unpaired) electrons. The van der Waals surface area contributed by atoms with E-state index < -0.39 is 5.97 Å². The summed E-state index contributed by atoms with van der Waals surface area (Å²) in [7, 11) is 0. The van der Waals surface area contributed by atoms with Crippen LogP contribution in [0.25, 0.3) is 16.7 Å². The SMILES string of the molecule is CCOC(=O)c1cnn(-c2cc(C)c3cc(C)cc(C)c3n2)c1Nc1nc(C)cc(C)n1. The lowest BCUT2D eigenvalue weighted by Gasteiger charge is -2.14. The van der Waals surface area contributed by atoms with Gasteiger partial charge in [0.15, 0.2) is 11.6 Å². The van der Waals surface area contributed by atoms with Gasteiger partial charge in [-0.1, -0.05) is 11.6 Å². The number of aryl methyl sites for hydroxylation is 5. The van der Waals surface area contributed by atoms with Crippen LogP contribution in [0.1, 0.15) is 45.4 Å². The fourth-order valence-electron chi connectivity index (χ4n) is 3.82. The van der Waals surface area contributed by atoms with Gasteiger partial charge in [0, 0.05) is 16.8 Å². The van der Waals surface area contributed by atoms with Gasteiger partial charge in [-0.2, -0.15) is 9.78 Å². The van der Waals surface area contributed by atoms with Crippen LogP contribution in [-0.4, -0.2) is 37.3 Å². The second-order valence-corrected chi connectivity index (χ2v) is 7.91. The number of hydrogen-bond donors (Lipinski definition) is 1. The average molecular weight is 431 g/mol. The van der Waals surface area contributed by atoms with Crippen molar-refractivity contribution in [2.45, 2.75) is 41.5 Å². The molecule has 0 unspecified atom stereocenters. The van der Waals surface area contributed by atoms with E-state index in [1.54, 1.807) is 11.6 Å². The smallest absolute Gasteiger partial charge is 0.343 e. The monoisotopic (exact) mass is 430 g/mol. The Morgan fingerprint density at radius 1 is 0.969 bits per heavy atom. The minimum Gasteiger partial charge on any atom is -0.462 e. The fraction of sp³-hybridized carbons (Fsp3) is 0.292. The quantitative estimate of drug-likeness (QED) is 0.460. The Balaban J connectivity index is 1.90. The molecule has 0 aliphatic carbocycles. The van der Waals surface area contributed by atoms with Gasteiger partial charge in [0.1, 0.15) is 5.56 Å². The maximum Gasteiger partial charge on any atom is 0.343 e. The number of ether oxygens (including phenoxy) is 1. The molecule has 1 N–H and O–H groups in total. The summed E-state index contributed by atoms with van der Waals surface area (Å²) >= 11 is 0. The maximum absolute atomic E-state index is 12.6. The van der Waals surface area contributed by atoms with Crippen LogP contribution in [0.4, 0.5) is 11.8 Å². The zero-order valence-corrected chi connectivity index (χ0v) is 19.1. The summed E-state index contributed by atoms with van der Waals surface area (Å²) < 4.78 is 6.83. The summed E-state index contributed by atoms with van der Waals surface area (Å²) in [6, 6.07) is 8.07. The van der Waals surface area contributed by atoms with E-state index in [4.69, 9.17) is 9.72 Å². The van der Waals surface area contributed by atoms with E-state index in [0.29, 0.717) is 17.6 Å². The van der Waals surface area contributed by atoms with Gasteiger partial charge in [0.05, 0.1) is 18.3 Å². The van der Waals surface area contributed by atoms with E-state index in [0.717, 1.165) is 33.4 Å². The molecule has 0 bridgehead atoms. The minimum atomic E-state index is -0.477. The molecule has 3 heterocycles. The van der Waals surface area contributed by atoms with Crippen LogP contribution in [0.15, 0.2) is 30.5 Å². The third kappa shape index (κ3) is 4.03.